The minimum absolute atomic E-state index is 0.0584. The van der Waals surface area contributed by atoms with Crippen molar-refractivity contribution in [1.82, 2.24) is 19.6 Å². The number of hydrogen-bond donors (Lipinski definition) is 0. The van der Waals surface area contributed by atoms with Gasteiger partial charge in [0.2, 0.25) is 5.91 Å². The summed E-state index contributed by atoms with van der Waals surface area (Å²) in [6.07, 6.45) is 0.701. The number of benzene rings is 2. The lowest BCUT2D eigenvalue weighted by molar-refractivity contribution is -0.139. The standard InChI is InChI=1S/C27H32F2N4O/c1-5-32(26(34)27(2,3)4)18-24-22-17-31(16-19-9-6-7-12-23(19)29)14-13-25(22)33(30-24)21-11-8-10-20(28)15-21/h6-12,15H,5,13-14,16-18H2,1-4H3. The molecule has 0 bridgehead atoms. The van der Waals surface area contributed by atoms with Crippen molar-refractivity contribution in [2.45, 2.75) is 53.8 Å². The Labute approximate surface area is 200 Å². The number of fused-ring (bicyclic) bond motifs is 1. The Hall–Kier alpha value is -3.06. The summed E-state index contributed by atoms with van der Waals surface area (Å²) >= 11 is 0. The largest absolute Gasteiger partial charge is 0.337 e. The smallest absolute Gasteiger partial charge is 0.228 e. The van der Waals surface area contributed by atoms with E-state index in [0.717, 1.165) is 23.5 Å². The van der Waals surface area contributed by atoms with Crippen LogP contribution in [0.1, 0.15) is 50.2 Å². The van der Waals surface area contributed by atoms with Gasteiger partial charge in [0.25, 0.3) is 0 Å². The first-order valence-electron chi connectivity index (χ1n) is 11.8. The first-order chi connectivity index (χ1) is 16.2. The van der Waals surface area contributed by atoms with Crippen LogP contribution in [0.25, 0.3) is 5.69 Å². The van der Waals surface area contributed by atoms with E-state index in [-0.39, 0.29) is 17.5 Å². The van der Waals surface area contributed by atoms with Gasteiger partial charge < -0.3 is 4.90 Å². The maximum atomic E-state index is 14.3. The van der Waals surface area contributed by atoms with Gasteiger partial charge in [-0.3, -0.25) is 9.69 Å². The van der Waals surface area contributed by atoms with Crippen LogP contribution in [0.5, 0.6) is 0 Å². The van der Waals surface area contributed by atoms with Gasteiger partial charge in [-0.1, -0.05) is 45.0 Å². The molecule has 0 spiro atoms. The first-order valence-corrected chi connectivity index (χ1v) is 11.8. The van der Waals surface area contributed by atoms with Gasteiger partial charge in [0, 0.05) is 49.1 Å². The molecule has 1 aliphatic rings. The molecule has 1 aromatic heterocycles. The third-order valence-corrected chi connectivity index (χ3v) is 6.28. The highest BCUT2D eigenvalue weighted by molar-refractivity contribution is 5.81. The van der Waals surface area contributed by atoms with E-state index in [1.54, 1.807) is 12.1 Å². The Balaban J connectivity index is 1.70. The summed E-state index contributed by atoms with van der Waals surface area (Å²) in [5.74, 6) is -0.474. The van der Waals surface area contributed by atoms with Crippen molar-refractivity contribution in [2.24, 2.45) is 5.41 Å². The highest BCUT2D eigenvalue weighted by Crippen LogP contribution is 2.29. The Morgan fingerprint density at radius 1 is 1.12 bits per heavy atom. The van der Waals surface area contributed by atoms with E-state index in [1.165, 1.54) is 18.2 Å². The highest BCUT2D eigenvalue weighted by atomic mass is 19.1. The number of carbonyl (C=O) groups excluding carboxylic acids is 1. The average Bonchev–Trinajstić information content (AvgIpc) is 3.15. The van der Waals surface area contributed by atoms with Gasteiger partial charge in [0.05, 0.1) is 23.6 Å². The number of carbonyl (C=O) groups is 1. The van der Waals surface area contributed by atoms with Gasteiger partial charge in [-0.05, 0) is 31.2 Å². The summed E-state index contributed by atoms with van der Waals surface area (Å²) in [5, 5.41) is 4.87. The molecule has 180 valence electrons. The van der Waals surface area contributed by atoms with Gasteiger partial charge in [-0.15, -0.1) is 0 Å². The van der Waals surface area contributed by atoms with Crippen LogP contribution in [0.3, 0.4) is 0 Å². The maximum absolute atomic E-state index is 14.3. The van der Waals surface area contributed by atoms with Crippen LogP contribution in [-0.4, -0.2) is 38.6 Å². The monoisotopic (exact) mass is 466 g/mol. The second-order valence-corrected chi connectivity index (χ2v) is 9.89. The van der Waals surface area contributed by atoms with E-state index in [2.05, 4.69) is 4.90 Å². The number of aromatic nitrogens is 2. The molecular formula is C27H32F2N4O. The van der Waals surface area contributed by atoms with Crippen molar-refractivity contribution in [3.05, 3.63) is 82.7 Å². The van der Waals surface area contributed by atoms with Crippen molar-refractivity contribution >= 4 is 5.91 Å². The molecule has 2 aromatic carbocycles. The number of halogens is 2. The first kappa shape index (κ1) is 24.1. The maximum Gasteiger partial charge on any atom is 0.228 e. The van der Waals surface area contributed by atoms with E-state index in [1.807, 2.05) is 55.5 Å². The third kappa shape index (κ3) is 5.04. The fraction of sp³-hybridized carbons (Fsp3) is 0.407. The van der Waals surface area contributed by atoms with Crippen LogP contribution >= 0.6 is 0 Å². The van der Waals surface area contributed by atoms with E-state index >= 15 is 0 Å². The summed E-state index contributed by atoms with van der Waals surface area (Å²) in [5.41, 5.74) is 3.67. The molecule has 7 heteroatoms. The predicted octanol–water partition coefficient (Wildman–Crippen LogP) is 5.10. The molecule has 0 saturated carbocycles. The lowest BCUT2D eigenvalue weighted by Crippen LogP contribution is -2.39. The molecule has 3 aromatic rings. The summed E-state index contributed by atoms with van der Waals surface area (Å²) in [6.45, 7) is 10.5. The predicted molar refractivity (Wildman–Crippen MR) is 128 cm³/mol. The Morgan fingerprint density at radius 3 is 2.56 bits per heavy atom. The summed E-state index contributed by atoms with van der Waals surface area (Å²) in [7, 11) is 0. The zero-order valence-electron chi connectivity index (χ0n) is 20.3. The number of rotatable bonds is 6. The van der Waals surface area contributed by atoms with Crippen molar-refractivity contribution in [2.75, 3.05) is 13.1 Å². The molecule has 0 N–H and O–H groups in total. The van der Waals surface area contributed by atoms with Gasteiger partial charge >= 0.3 is 0 Å². The number of amides is 1. The van der Waals surface area contributed by atoms with Crippen molar-refractivity contribution in [1.29, 1.82) is 0 Å². The van der Waals surface area contributed by atoms with Crippen molar-refractivity contribution in [3.63, 3.8) is 0 Å². The minimum Gasteiger partial charge on any atom is -0.337 e. The van der Waals surface area contributed by atoms with E-state index in [4.69, 9.17) is 5.10 Å². The Bertz CT molecular complexity index is 1180. The van der Waals surface area contributed by atoms with Gasteiger partial charge in [-0.25, -0.2) is 13.5 Å². The summed E-state index contributed by atoms with van der Waals surface area (Å²) in [6, 6.07) is 13.2. The summed E-state index contributed by atoms with van der Waals surface area (Å²) < 4.78 is 30.1. The second kappa shape index (κ2) is 9.66. The molecule has 0 aliphatic carbocycles. The lowest BCUT2D eigenvalue weighted by Gasteiger charge is -2.30. The number of nitrogens with zero attached hydrogens (tertiary/aromatic N) is 4. The fourth-order valence-electron chi connectivity index (χ4n) is 4.48. The Morgan fingerprint density at radius 2 is 1.88 bits per heavy atom. The van der Waals surface area contributed by atoms with Crippen LogP contribution in [0, 0.1) is 17.0 Å². The average molecular weight is 467 g/mol. The second-order valence-electron chi connectivity index (χ2n) is 9.89. The topological polar surface area (TPSA) is 41.4 Å². The van der Waals surface area contributed by atoms with Crippen LogP contribution in [0.4, 0.5) is 8.78 Å². The molecule has 0 atom stereocenters. The third-order valence-electron chi connectivity index (χ3n) is 6.28. The van der Waals surface area contributed by atoms with Gasteiger partial charge in [-0.2, -0.15) is 5.10 Å². The molecule has 2 heterocycles. The quantitative estimate of drug-likeness (QED) is 0.507. The molecule has 0 saturated heterocycles. The highest BCUT2D eigenvalue weighted by Gasteiger charge is 2.31. The minimum atomic E-state index is -0.502. The fourth-order valence-corrected chi connectivity index (χ4v) is 4.48. The van der Waals surface area contributed by atoms with Crippen LogP contribution in [-0.2, 0) is 30.8 Å². The molecule has 34 heavy (non-hydrogen) atoms. The van der Waals surface area contributed by atoms with Crippen LogP contribution in [0.2, 0.25) is 0 Å². The summed E-state index contributed by atoms with van der Waals surface area (Å²) in [4.78, 5) is 17.0. The number of hydrogen-bond acceptors (Lipinski definition) is 3. The normalized spacial score (nSPS) is 14.2. The molecule has 0 fully saturated rings. The van der Waals surface area contributed by atoms with E-state index < -0.39 is 5.41 Å². The molecular weight excluding hydrogens is 434 g/mol. The van der Waals surface area contributed by atoms with E-state index in [0.29, 0.717) is 43.9 Å². The van der Waals surface area contributed by atoms with Crippen molar-refractivity contribution in [3.8, 4) is 5.69 Å². The van der Waals surface area contributed by atoms with Gasteiger partial charge in [0.1, 0.15) is 11.6 Å². The Kier molecular flexibility index (Phi) is 6.84. The molecule has 1 aliphatic heterocycles. The molecule has 4 rings (SSSR count). The molecule has 5 nitrogen and oxygen atoms in total. The van der Waals surface area contributed by atoms with Crippen LogP contribution < -0.4 is 0 Å². The molecule has 0 radical (unpaired) electrons. The lowest BCUT2D eigenvalue weighted by atomic mass is 9.94. The van der Waals surface area contributed by atoms with E-state index in [9.17, 15) is 13.6 Å². The van der Waals surface area contributed by atoms with Gasteiger partial charge in [0.15, 0.2) is 0 Å². The molecule has 0 unspecified atom stereocenters. The SMILES string of the molecule is CCN(Cc1nn(-c2cccc(F)c2)c2c1CN(Cc1ccccc1F)CC2)C(=O)C(C)(C)C. The van der Waals surface area contributed by atoms with Crippen molar-refractivity contribution < 1.29 is 13.6 Å². The van der Waals surface area contributed by atoms with Crippen LogP contribution in [0.15, 0.2) is 48.5 Å². The zero-order chi connectivity index (χ0) is 24.5. The molecule has 1 amide bonds. The zero-order valence-corrected chi connectivity index (χ0v) is 20.3.